The molecule has 18 aromatic rings. The Hall–Kier alpha value is -13.3. The number of rotatable bonds is 10. The zero-order chi connectivity index (χ0) is 68.1. The van der Waals surface area contributed by atoms with Crippen molar-refractivity contribution in [1.82, 2.24) is 0 Å². The molecular formula is C100H62B2N2. The average molecular weight is 1310 g/mol. The van der Waals surface area contributed by atoms with Crippen LogP contribution in [0.15, 0.2) is 376 Å². The van der Waals surface area contributed by atoms with E-state index >= 15 is 0 Å². The van der Waals surface area contributed by atoms with E-state index in [1.54, 1.807) is 0 Å². The quantitative estimate of drug-likeness (QED) is 0.0995. The highest BCUT2D eigenvalue weighted by molar-refractivity contribution is 7.02. The van der Waals surface area contributed by atoms with Gasteiger partial charge in [0.05, 0.1) is 0 Å². The summed E-state index contributed by atoms with van der Waals surface area (Å²) in [6.07, 6.45) is 0. The van der Waals surface area contributed by atoms with Crippen molar-refractivity contribution < 1.29 is 0 Å². The van der Waals surface area contributed by atoms with Gasteiger partial charge in [-0.25, -0.2) is 0 Å². The average Bonchev–Trinajstić information content (AvgIpc) is 0.662. The summed E-state index contributed by atoms with van der Waals surface area (Å²) >= 11 is 0. The van der Waals surface area contributed by atoms with Crippen molar-refractivity contribution in [2.24, 2.45) is 0 Å². The molecule has 0 radical (unpaired) electrons. The SMILES string of the molecule is c1ccc(-c2ccc3c(c2)N(c2ccccc2)c2cc(-c4ccccc4)cc4c2B3c2cc3c(-c5ccccc5-c5ccccc5)cc5c6c(cc7c(-c8ccccc8-c8ccccc8)cc-4c2c7c36)B2c3ccc(-c4ccccc4)cc3N(c3ccccc3)c3cc(-c4ccccc4)cc-5c32)cc1. The molecule has 2 nitrogen and oxygen atoms in total. The molecule has 22 rings (SSSR count). The summed E-state index contributed by atoms with van der Waals surface area (Å²) in [7, 11) is 0. The van der Waals surface area contributed by atoms with E-state index in [1.165, 1.54) is 199 Å². The molecule has 0 aliphatic carbocycles. The van der Waals surface area contributed by atoms with Gasteiger partial charge in [-0.1, -0.05) is 314 Å². The molecule has 18 aromatic carbocycles. The zero-order valence-electron chi connectivity index (χ0n) is 56.8. The summed E-state index contributed by atoms with van der Waals surface area (Å²) in [6.45, 7) is -0.333. The van der Waals surface area contributed by atoms with E-state index in [1.807, 2.05) is 0 Å². The molecular weight excluding hydrogens is 1250 g/mol. The Kier molecular flexibility index (Phi) is 13.0. The van der Waals surface area contributed by atoms with Crippen LogP contribution in [0.3, 0.4) is 0 Å². The molecule has 104 heavy (non-hydrogen) atoms. The number of fused-ring (bicyclic) bond motifs is 8. The van der Waals surface area contributed by atoms with Crippen LogP contribution in [0.1, 0.15) is 0 Å². The Balaban J connectivity index is 0.958. The maximum atomic E-state index is 2.71. The summed E-state index contributed by atoms with van der Waals surface area (Å²) < 4.78 is 0. The van der Waals surface area contributed by atoms with Gasteiger partial charge >= 0.3 is 0 Å². The second kappa shape index (κ2) is 23.1. The summed E-state index contributed by atoms with van der Waals surface area (Å²) in [5.41, 5.74) is 38.9. The van der Waals surface area contributed by atoms with Crippen LogP contribution in [0.5, 0.6) is 0 Å². The first-order chi connectivity index (χ1) is 51.6. The molecule has 0 spiro atoms. The molecule has 4 aliphatic rings. The lowest BCUT2D eigenvalue weighted by molar-refractivity contribution is 1.29. The van der Waals surface area contributed by atoms with Gasteiger partial charge in [0.15, 0.2) is 0 Å². The van der Waals surface area contributed by atoms with Gasteiger partial charge < -0.3 is 9.80 Å². The normalized spacial score (nSPS) is 12.7. The number of benzene rings is 18. The van der Waals surface area contributed by atoms with E-state index in [-0.39, 0.29) is 13.4 Å². The van der Waals surface area contributed by atoms with Crippen LogP contribution in [0.2, 0.25) is 0 Å². The predicted octanol–water partition coefficient (Wildman–Crippen LogP) is 22.5. The van der Waals surface area contributed by atoms with Crippen molar-refractivity contribution in [3.8, 4) is 111 Å². The predicted molar refractivity (Wildman–Crippen MR) is 443 cm³/mol. The Labute approximate surface area is 605 Å². The monoisotopic (exact) mass is 1310 g/mol. The molecule has 4 heteroatoms. The minimum absolute atomic E-state index is 0.167. The van der Waals surface area contributed by atoms with E-state index in [4.69, 9.17) is 0 Å². The van der Waals surface area contributed by atoms with Crippen molar-refractivity contribution in [2.45, 2.75) is 0 Å². The number of hydrogen-bond donors (Lipinski definition) is 0. The summed E-state index contributed by atoms with van der Waals surface area (Å²) in [4.78, 5) is 5.17. The maximum Gasteiger partial charge on any atom is 0.248 e. The van der Waals surface area contributed by atoms with Gasteiger partial charge in [0.25, 0.3) is 0 Å². The number of nitrogens with zero attached hydrogens (tertiary/aromatic N) is 2. The molecule has 0 saturated carbocycles. The van der Waals surface area contributed by atoms with Gasteiger partial charge in [-0.3, -0.25) is 0 Å². The molecule has 478 valence electrons. The molecule has 0 saturated heterocycles. The Morgan fingerprint density at radius 2 is 0.462 bits per heavy atom. The zero-order valence-corrected chi connectivity index (χ0v) is 56.8. The van der Waals surface area contributed by atoms with Gasteiger partial charge in [0, 0.05) is 34.1 Å². The van der Waals surface area contributed by atoms with Crippen LogP contribution in [0.4, 0.5) is 34.1 Å². The van der Waals surface area contributed by atoms with Crippen molar-refractivity contribution in [3.63, 3.8) is 0 Å². The van der Waals surface area contributed by atoms with Crippen LogP contribution in [-0.2, 0) is 0 Å². The number of anilines is 6. The highest BCUT2D eigenvalue weighted by atomic mass is 15.2. The van der Waals surface area contributed by atoms with Crippen molar-refractivity contribution in [2.75, 3.05) is 9.80 Å². The van der Waals surface area contributed by atoms with Gasteiger partial charge in [-0.15, -0.1) is 0 Å². The first kappa shape index (κ1) is 58.5. The second-order valence-electron chi connectivity index (χ2n) is 28.4. The first-order valence-electron chi connectivity index (χ1n) is 36.4. The fraction of sp³-hybridized carbons (Fsp3) is 0. The van der Waals surface area contributed by atoms with E-state index in [2.05, 4.69) is 386 Å². The van der Waals surface area contributed by atoms with Crippen LogP contribution in [0.25, 0.3) is 144 Å². The summed E-state index contributed by atoms with van der Waals surface area (Å²) in [5.74, 6) is 0. The summed E-state index contributed by atoms with van der Waals surface area (Å²) in [6, 6.07) is 142. The molecule has 4 aliphatic heterocycles. The van der Waals surface area contributed by atoms with Crippen LogP contribution < -0.4 is 42.6 Å². The van der Waals surface area contributed by atoms with Crippen LogP contribution >= 0.6 is 0 Å². The lowest BCUT2D eigenvalue weighted by Gasteiger charge is -2.43. The number of hydrogen-bond acceptors (Lipinski definition) is 2. The molecule has 0 atom stereocenters. The Morgan fingerprint density at radius 1 is 0.163 bits per heavy atom. The van der Waals surface area contributed by atoms with E-state index in [0.717, 1.165) is 11.4 Å². The molecule has 0 unspecified atom stereocenters. The standard InChI is InChI=1S/C100H62B2N2/c1-9-29-63(30-10-1)69-49-51-87-91(55-69)103(73-41-21-7-22-42-73)93-57-71(65-33-13-3-14-34-65)53-85-81-59-80(78-48-28-26-46-76(78)68-39-19-6-20-40-68)84-62-90-96-82(60-79(77-47-27-25-45-75(77)67-37-17-5-18-38-67)83-61-89(101(87)99(85)93)95(81)97(84)98(83)96)86-54-72(66-35-15-4-16-36-66)58-94-100(86)102(90)88-52-50-70(64-31-11-2-12-32-64)56-92(88)104(94)74-43-23-8-24-44-74/h1-62H. The highest BCUT2D eigenvalue weighted by Crippen LogP contribution is 2.55. The fourth-order valence-corrected chi connectivity index (χ4v) is 18.6. The van der Waals surface area contributed by atoms with Gasteiger partial charge in [0.2, 0.25) is 13.4 Å². The smallest absolute Gasteiger partial charge is 0.248 e. The molecule has 0 bridgehead atoms. The van der Waals surface area contributed by atoms with E-state index in [9.17, 15) is 0 Å². The highest BCUT2D eigenvalue weighted by Gasteiger charge is 2.47. The largest absolute Gasteiger partial charge is 0.311 e. The Morgan fingerprint density at radius 3 is 0.817 bits per heavy atom. The first-order valence-corrected chi connectivity index (χ1v) is 36.4. The third-order valence-corrected chi connectivity index (χ3v) is 23.0. The third kappa shape index (κ3) is 8.79. The molecule has 0 amide bonds. The molecule has 0 N–H and O–H groups in total. The van der Waals surface area contributed by atoms with Crippen molar-refractivity contribution in [1.29, 1.82) is 0 Å². The fourth-order valence-electron chi connectivity index (χ4n) is 18.6. The van der Waals surface area contributed by atoms with Crippen LogP contribution in [0, 0.1) is 0 Å². The second-order valence-corrected chi connectivity index (χ2v) is 28.4. The minimum Gasteiger partial charge on any atom is -0.311 e. The van der Waals surface area contributed by atoms with E-state index < -0.39 is 0 Å². The maximum absolute atomic E-state index is 2.71. The lowest BCUT2D eigenvalue weighted by Crippen LogP contribution is -2.60. The van der Waals surface area contributed by atoms with Gasteiger partial charge in [-0.05, 0) is 238 Å². The molecule has 0 aromatic heterocycles. The lowest BCUT2D eigenvalue weighted by atomic mass is 9.31. The third-order valence-electron chi connectivity index (χ3n) is 23.0. The van der Waals surface area contributed by atoms with Crippen molar-refractivity contribution >= 4 is 113 Å². The summed E-state index contributed by atoms with van der Waals surface area (Å²) in [5, 5.41) is 7.75. The van der Waals surface area contributed by atoms with E-state index in [0.29, 0.717) is 0 Å². The van der Waals surface area contributed by atoms with Crippen LogP contribution in [-0.4, -0.2) is 13.4 Å². The minimum atomic E-state index is -0.167. The topological polar surface area (TPSA) is 6.48 Å². The van der Waals surface area contributed by atoms with Gasteiger partial charge in [0.1, 0.15) is 0 Å². The van der Waals surface area contributed by atoms with Crippen molar-refractivity contribution in [3.05, 3.63) is 376 Å². The number of para-hydroxylation sites is 2. The Bertz CT molecular complexity index is 6110. The van der Waals surface area contributed by atoms with Gasteiger partial charge in [-0.2, -0.15) is 0 Å². The molecule has 4 heterocycles. The molecule has 0 fully saturated rings.